The molecule has 6 heteroatoms. The van der Waals surface area contributed by atoms with Gasteiger partial charge in [0.05, 0.1) is 0 Å². The van der Waals surface area contributed by atoms with Crippen LogP contribution in [-0.2, 0) is 28.6 Å². The predicted molar refractivity (Wildman–Crippen MR) is 269 cm³/mol. The summed E-state index contributed by atoms with van der Waals surface area (Å²) in [5.74, 6) is -1.04. The summed E-state index contributed by atoms with van der Waals surface area (Å²) in [6.45, 7) is 6.28. The molecule has 0 aromatic carbocycles. The first-order valence-electron chi connectivity index (χ1n) is 25.0. The molecule has 0 aliphatic carbocycles. The van der Waals surface area contributed by atoms with Crippen LogP contribution < -0.4 is 0 Å². The van der Waals surface area contributed by atoms with E-state index in [0.717, 1.165) is 116 Å². The van der Waals surface area contributed by atoms with Crippen LogP contribution in [0.4, 0.5) is 0 Å². The molecule has 0 amide bonds. The maximum Gasteiger partial charge on any atom is 0.306 e. The number of esters is 3. The minimum Gasteiger partial charge on any atom is -0.462 e. The van der Waals surface area contributed by atoms with Crippen LogP contribution >= 0.6 is 0 Å². The lowest BCUT2D eigenvalue weighted by Crippen LogP contribution is -2.30. The quantitative estimate of drug-likeness (QED) is 0.0263. The van der Waals surface area contributed by atoms with E-state index >= 15 is 0 Å². The molecular formula is C57H90O6. The summed E-state index contributed by atoms with van der Waals surface area (Å²) in [5, 5.41) is 0. The molecule has 0 fully saturated rings. The Morgan fingerprint density at radius 1 is 0.333 bits per heavy atom. The monoisotopic (exact) mass is 871 g/mol. The Morgan fingerprint density at radius 3 is 1.06 bits per heavy atom. The first-order chi connectivity index (χ1) is 31.0. The van der Waals surface area contributed by atoms with Crippen molar-refractivity contribution in [2.24, 2.45) is 0 Å². The van der Waals surface area contributed by atoms with E-state index < -0.39 is 6.10 Å². The largest absolute Gasteiger partial charge is 0.462 e. The summed E-state index contributed by atoms with van der Waals surface area (Å²) in [4.78, 5) is 37.8. The van der Waals surface area contributed by atoms with Crippen LogP contribution in [-0.4, -0.2) is 37.2 Å². The Bertz CT molecular complexity index is 1370. The highest BCUT2D eigenvalue weighted by molar-refractivity contribution is 5.71. The fraction of sp³-hybridized carbons (Fsp3) is 0.596. The van der Waals surface area contributed by atoms with Crippen molar-refractivity contribution in [1.82, 2.24) is 0 Å². The molecule has 0 radical (unpaired) electrons. The van der Waals surface area contributed by atoms with Gasteiger partial charge in [0.15, 0.2) is 6.10 Å². The van der Waals surface area contributed by atoms with Gasteiger partial charge in [0.25, 0.3) is 0 Å². The van der Waals surface area contributed by atoms with Gasteiger partial charge in [0.1, 0.15) is 13.2 Å². The van der Waals surface area contributed by atoms with Crippen molar-refractivity contribution >= 4 is 17.9 Å². The third-order valence-corrected chi connectivity index (χ3v) is 9.98. The number of allylic oxidation sites excluding steroid dienone is 20. The fourth-order valence-corrected chi connectivity index (χ4v) is 6.28. The molecule has 0 N–H and O–H groups in total. The summed E-state index contributed by atoms with van der Waals surface area (Å²) >= 11 is 0. The maximum atomic E-state index is 12.8. The molecule has 354 valence electrons. The van der Waals surface area contributed by atoms with E-state index in [9.17, 15) is 14.4 Å². The first kappa shape index (κ1) is 58.8. The van der Waals surface area contributed by atoms with Crippen LogP contribution in [0.1, 0.15) is 201 Å². The minimum atomic E-state index is -0.822. The number of ether oxygens (including phenoxy) is 3. The number of carbonyl (C=O) groups excluding carboxylic acids is 3. The standard InChI is InChI=1S/C57H90O6/c1-4-7-10-13-16-19-21-23-25-27-28-30-31-33-35-38-41-44-47-50-56(59)62-53-54(52-61-55(58)49-46-43-40-37-18-15-12-9-6-3)63-57(60)51-48-45-42-39-36-34-32-29-26-24-22-20-17-14-11-8-5-2/h7-8,10-11,16-17,19-20,23-26,28,30,32-35,41,44,54H,4-6,9,12-15,18,21-22,27,29,31,36-40,42-43,45-53H2,1-3H3/b10-7-,11-8-,19-16-,20-17-,25-23-,26-24-,30-28-,34-32-,35-33-,44-41-. The second kappa shape index (κ2) is 50.5. The molecule has 0 bridgehead atoms. The van der Waals surface area contributed by atoms with Crippen LogP contribution in [0.25, 0.3) is 0 Å². The predicted octanol–water partition coefficient (Wildman–Crippen LogP) is 16.5. The van der Waals surface area contributed by atoms with Crippen LogP contribution in [0.5, 0.6) is 0 Å². The van der Waals surface area contributed by atoms with E-state index in [2.05, 4.69) is 130 Å². The third-order valence-electron chi connectivity index (χ3n) is 9.98. The Labute approximate surface area is 386 Å². The Kier molecular flexibility index (Phi) is 47.1. The fourth-order valence-electron chi connectivity index (χ4n) is 6.28. The van der Waals surface area contributed by atoms with Gasteiger partial charge in [-0.2, -0.15) is 0 Å². The molecule has 63 heavy (non-hydrogen) atoms. The second-order valence-corrected chi connectivity index (χ2v) is 16.0. The number of hydrogen-bond acceptors (Lipinski definition) is 6. The molecule has 1 atom stereocenters. The lowest BCUT2D eigenvalue weighted by atomic mass is 10.1. The summed E-state index contributed by atoms with van der Waals surface area (Å²) in [6, 6.07) is 0. The van der Waals surface area contributed by atoms with Crippen LogP contribution in [0.15, 0.2) is 122 Å². The van der Waals surface area contributed by atoms with E-state index in [4.69, 9.17) is 14.2 Å². The zero-order valence-electron chi connectivity index (χ0n) is 40.3. The SMILES string of the molecule is CC/C=C\C/C=C\C/C=C\C/C=C\C/C=C\C/C=C\CCC(=O)OCC(COC(=O)CCCCCCCCCCC)OC(=O)CCCCCC/C=C\C/C=C\C/C=C\C/C=C\CC. The van der Waals surface area contributed by atoms with Gasteiger partial charge < -0.3 is 14.2 Å². The molecule has 0 aromatic rings. The average molecular weight is 871 g/mol. The van der Waals surface area contributed by atoms with E-state index in [0.29, 0.717) is 12.8 Å². The molecule has 0 heterocycles. The smallest absolute Gasteiger partial charge is 0.306 e. The van der Waals surface area contributed by atoms with Crippen molar-refractivity contribution in [3.63, 3.8) is 0 Å². The van der Waals surface area contributed by atoms with Crippen molar-refractivity contribution < 1.29 is 28.6 Å². The lowest BCUT2D eigenvalue weighted by Gasteiger charge is -2.18. The van der Waals surface area contributed by atoms with Gasteiger partial charge in [-0.1, -0.05) is 206 Å². The van der Waals surface area contributed by atoms with Gasteiger partial charge >= 0.3 is 17.9 Å². The highest BCUT2D eigenvalue weighted by Crippen LogP contribution is 2.12. The molecule has 0 rings (SSSR count). The van der Waals surface area contributed by atoms with Gasteiger partial charge in [-0.25, -0.2) is 0 Å². The number of rotatable bonds is 43. The molecule has 0 spiro atoms. The minimum absolute atomic E-state index is 0.114. The topological polar surface area (TPSA) is 78.9 Å². The molecular weight excluding hydrogens is 781 g/mol. The average Bonchev–Trinajstić information content (AvgIpc) is 3.28. The van der Waals surface area contributed by atoms with Gasteiger partial charge in [-0.05, 0) is 96.3 Å². The van der Waals surface area contributed by atoms with E-state index in [1.807, 2.05) is 12.2 Å². The normalized spacial score (nSPS) is 13.1. The molecule has 0 saturated heterocycles. The van der Waals surface area contributed by atoms with Crippen LogP contribution in [0.2, 0.25) is 0 Å². The molecule has 1 unspecified atom stereocenters. The highest BCUT2D eigenvalue weighted by atomic mass is 16.6. The second-order valence-electron chi connectivity index (χ2n) is 16.0. The van der Waals surface area contributed by atoms with Crippen LogP contribution in [0, 0.1) is 0 Å². The highest BCUT2D eigenvalue weighted by Gasteiger charge is 2.19. The molecule has 0 saturated carbocycles. The number of unbranched alkanes of at least 4 members (excludes halogenated alkanes) is 12. The van der Waals surface area contributed by atoms with E-state index in [1.54, 1.807) is 0 Å². The summed E-state index contributed by atoms with van der Waals surface area (Å²) < 4.78 is 16.7. The summed E-state index contributed by atoms with van der Waals surface area (Å²) in [5.41, 5.74) is 0. The van der Waals surface area contributed by atoms with E-state index in [1.165, 1.54) is 38.5 Å². The molecule has 0 aromatic heterocycles. The van der Waals surface area contributed by atoms with Gasteiger partial charge in [-0.15, -0.1) is 0 Å². The lowest BCUT2D eigenvalue weighted by molar-refractivity contribution is -0.166. The van der Waals surface area contributed by atoms with Gasteiger partial charge in [0, 0.05) is 19.3 Å². The zero-order chi connectivity index (χ0) is 45.8. The van der Waals surface area contributed by atoms with Crippen molar-refractivity contribution in [3.05, 3.63) is 122 Å². The number of hydrogen-bond donors (Lipinski definition) is 0. The maximum absolute atomic E-state index is 12.8. The first-order valence-corrected chi connectivity index (χ1v) is 25.0. The van der Waals surface area contributed by atoms with Gasteiger partial charge in [0.2, 0.25) is 0 Å². The molecule has 0 aliphatic rings. The Balaban J connectivity index is 4.52. The van der Waals surface area contributed by atoms with Crippen molar-refractivity contribution in [1.29, 1.82) is 0 Å². The third kappa shape index (κ3) is 48.7. The van der Waals surface area contributed by atoms with Crippen LogP contribution in [0.3, 0.4) is 0 Å². The summed E-state index contributed by atoms with van der Waals surface area (Å²) in [7, 11) is 0. The van der Waals surface area contributed by atoms with Crippen molar-refractivity contribution in [2.45, 2.75) is 207 Å². The Hall–Kier alpha value is -4.19. The Morgan fingerprint density at radius 2 is 0.651 bits per heavy atom. The molecule has 0 aliphatic heterocycles. The van der Waals surface area contributed by atoms with E-state index in [-0.39, 0.29) is 44.0 Å². The van der Waals surface area contributed by atoms with Crippen molar-refractivity contribution in [2.75, 3.05) is 13.2 Å². The molecule has 6 nitrogen and oxygen atoms in total. The number of carbonyl (C=O) groups is 3. The van der Waals surface area contributed by atoms with Crippen molar-refractivity contribution in [3.8, 4) is 0 Å². The summed E-state index contributed by atoms with van der Waals surface area (Å²) in [6.07, 6.45) is 69.1. The van der Waals surface area contributed by atoms with Gasteiger partial charge in [-0.3, -0.25) is 14.4 Å². The zero-order valence-corrected chi connectivity index (χ0v) is 40.3.